The zero-order valence-electron chi connectivity index (χ0n) is 14.9. The van der Waals surface area contributed by atoms with Gasteiger partial charge in [0.1, 0.15) is 5.75 Å². The smallest absolute Gasteiger partial charge is 0.317 e. The number of nitrogens with one attached hydrogen (secondary N) is 1. The lowest BCUT2D eigenvalue weighted by Gasteiger charge is -2.31. The van der Waals surface area contributed by atoms with Crippen LogP contribution in [0, 0.1) is 6.92 Å². The Labute approximate surface area is 147 Å². The zero-order chi connectivity index (χ0) is 17.8. The number of amides is 2. The zero-order valence-corrected chi connectivity index (χ0v) is 14.9. The number of carbonyl (C=O) groups is 1. The van der Waals surface area contributed by atoms with Crippen molar-refractivity contribution in [3.05, 3.63) is 41.5 Å². The molecule has 1 atom stereocenters. The summed E-state index contributed by atoms with van der Waals surface area (Å²) in [5.74, 6) is 2.37. The van der Waals surface area contributed by atoms with Crippen LogP contribution in [0.15, 0.2) is 28.8 Å². The van der Waals surface area contributed by atoms with E-state index in [1.54, 1.807) is 14.0 Å². The van der Waals surface area contributed by atoms with Crippen molar-refractivity contribution < 1.29 is 14.1 Å². The van der Waals surface area contributed by atoms with Gasteiger partial charge in [0.05, 0.1) is 13.2 Å². The van der Waals surface area contributed by atoms with Gasteiger partial charge in [0.15, 0.2) is 5.82 Å². The van der Waals surface area contributed by atoms with E-state index in [0.29, 0.717) is 19.0 Å². The number of nitrogens with zero attached hydrogens (tertiary/aromatic N) is 3. The van der Waals surface area contributed by atoms with E-state index in [2.05, 4.69) is 15.5 Å². The first-order valence-corrected chi connectivity index (χ1v) is 8.57. The average Bonchev–Trinajstić information content (AvgIpc) is 3.08. The van der Waals surface area contributed by atoms with Gasteiger partial charge in [0.2, 0.25) is 5.89 Å². The van der Waals surface area contributed by atoms with E-state index in [0.717, 1.165) is 30.0 Å². The molecule has 1 aliphatic heterocycles. The van der Waals surface area contributed by atoms with Crippen LogP contribution in [0.25, 0.3) is 0 Å². The molecule has 1 saturated heterocycles. The summed E-state index contributed by atoms with van der Waals surface area (Å²) in [5.41, 5.74) is 0.968. The molecular weight excluding hydrogens is 320 g/mol. The molecule has 134 valence electrons. The minimum atomic E-state index is -0.124. The fourth-order valence-electron chi connectivity index (χ4n) is 3.20. The number of benzene rings is 1. The number of methoxy groups -OCH3 is 1. The molecule has 0 aliphatic carbocycles. The van der Waals surface area contributed by atoms with Crippen LogP contribution in [0.1, 0.15) is 49.0 Å². The van der Waals surface area contributed by atoms with Gasteiger partial charge in [-0.15, -0.1) is 0 Å². The van der Waals surface area contributed by atoms with E-state index in [-0.39, 0.29) is 18.0 Å². The second-order valence-corrected chi connectivity index (χ2v) is 6.35. The van der Waals surface area contributed by atoms with Gasteiger partial charge in [0, 0.05) is 31.5 Å². The summed E-state index contributed by atoms with van der Waals surface area (Å²) in [7, 11) is 1.64. The second-order valence-electron chi connectivity index (χ2n) is 6.35. The van der Waals surface area contributed by atoms with Crippen molar-refractivity contribution in [2.75, 3.05) is 20.2 Å². The van der Waals surface area contributed by atoms with Gasteiger partial charge in [0.25, 0.3) is 0 Å². The molecule has 0 saturated carbocycles. The van der Waals surface area contributed by atoms with Crippen LogP contribution < -0.4 is 10.1 Å². The highest BCUT2D eigenvalue weighted by Gasteiger charge is 2.27. The highest BCUT2D eigenvalue weighted by atomic mass is 16.5. The number of hydrogen-bond donors (Lipinski definition) is 1. The molecule has 1 N–H and O–H groups in total. The first-order chi connectivity index (χ1) is 12.1. The summed E-state index contributed by atoms with van der Waals surface area (Å²) in [6.45, 7) is 5.12. The first kappa shape index (κ1) is 17.3. The Hall–Kier alpha value is -2.57. The molecule has 3 rings (SSSR count). The SMILES string of the molecule is COc1ccccc1C(C)NC(=O)N1CCC(c2noc(C)n2)CC1. The maximum Gasteiger partial charge on any atom is 0.317 e. The molecule has 2 aromatic rings. The standard InChI is InChI=1S/C18H24N4O3/c1-12(15-6-4-5-7-16(15)24-3)19-18(23)22-10-8-14(9-11-22)17-20-13(2)25-21-17/h4-7,12,14H,8-11H2,1-3H3,(H,19,23). The molecule has 1 fully saturated rings. The number of hydrogen-bond acceptors (Lipinski definition) is 5. The lowest BCUT2D eigenvalue weighted by atomic mass is 9.96. The molecular formula is C18H24N4O3. The number of aryl methyl sites for hydroxylation is 1. The van der Waals surface area contributed by atoms with Gasteiger partial charge in [-0.2, -0.15) is 4.98 Å². The fourth-order valence-corrected chi connectivity index (χ4v) is 3.20. The maximum absolute atomic E-state index is 12.6. The molecule has 7 nitrogen and oxygen atoms in total. The van der Waals surface area contributed by atoms with E-state index in [1.807, 2.05) is 36.1 Å². The van der Waals surface area contributed by atoms with Crippen molar-refractivity contribution in [3.8, 4) is 5.75 Å². The number of rotatable bonds is 4. The van der Waals surface area contributed by atoms with Gasteiger partial charge in [-0.25, -0.2) is 4.79 Å². The van der Waals surface area contributed by atoms with Crippen LogP contribution in [0.3, 0.4) is 0 Å². The monoisotopic (exact) mass is 344 g/mol. The lowest BCUT2D eigenvalue weighted by molar-refractivity contribution is 0.177. The normalized spacial score (nSPS) is 16.5. The van der Waals surface area contributed by atoms with Crippen LogP contribution in [-0.2, 0) is 0 Å². The van der Waals surface area contributed by atoms with E-state index >= 15 is 0 Å². The summed E-state index contributed by atoms with van der Waals surface area (Å²) >= 11 is 0. The highest BCUT2D eigenvalue weighted by Crippen LogP contribution is 2.27. The Balaban J connectivity index is 1.56. The average molecular weight is 344 g/mol. The summed E-state index contributed by atoms with van der Waals surface area (Å²) < 4.78 is 10.4. The maximum atomic E-state index is 12.6. The predicted molar refractivity (Wildman–Crippen MR) is 92.5 cm³/mol. The van der Waals surface area contributed by atoms with Crippen LogP contribution in [0.5, 0.6) is 5.75 Å². The molecule has 2 heterocycles. The van der Waals surface area contributed by atoms with Crippen molar-refractivity contribution in [1.82, 2.24) is 20.4 Å². The molecule has 0 bridgehead atoms. The van der Waals surface area contributed by atoms with E-state index in [4.69, 9.17) is 9.26 Å². The Bertz CT molecular complexity index is 723. The molecule has 1 aliphatic rings. The summed E-state index contributed by atoms with van der Waals surface area (Å²) in [6.07, 6.45) is 1.69. The minimum absolute atomic E-state index is 0.0545. The topological polar surface area (TPSA) is 80.5 Å². The summed E-state index contributed by atoms with van der Waals surface area (Å²) in [5, 5.41) is 7.05. The molecule has 1 aromatic heterocycles. The van der Waals surface area contributed by atoms with Crippen molar-refractivity contribution in [2.24, 2.45) is 0 Å². The van der Waals surface area contributed by atoms with Crippen molar-refractivity contribution in [1.29, 1.82) is 0 Å². The molecule has 1 aromatic carbocycles. The highest BCUT2D eigenvalue weighted by molar-refractivity contribution is 5.75. The number of likely N-dealkylation sites (tertiary alicyclic amines) is 1. The quantitative estimate of drug-likeness (QED) is 0.922. The first-order valence-electron chi connectivity index (χ1n) is 8.57. The third kappa shape index (κ3) is 3.92. The van der Waals surface area contributed by atoms with Crippen LogP contribution in [0.2, 0.25) is 0 Å². The predicted octanol–water partition coefficient (Wildman–Crippen LogP) is 3.04. The van der Waals surface area contributed by atoms with Crippen LogP contribution in [-0.4, -0.2) is 41.3 Å². The summed E-state index contributed by atoms with van der Waals surface area (Å²) in [6, 6.07) is 7.55. The minimum Gasteiger partial charge on any atom is -0.496 e. The van der Waals surface area contributed by atoms with E-state index in [1.165, 1.54) is 0 Å². The molecule has 25 heavy (non-hydrogen) atoms. The van der Waals surface area contributed by atoms with Gasteiger partial charge in [-0.3, -0.25) is 0 Å². The van der Waals surface area contributed by atoms with Crippen LogP contribution >= 0.6 is 0 Å². The Morgan fingerprint density at radius 1 is 1.36 bits per heavy atom. The Morgan fingerprint density at radius 2 is 2.08 bits per heavy atom. The number of ether oxygens (including phenoxy) is 1. The Kier molecular flexibility index (Phi) is 5.21. The number of urea groups is 1. The molecule has 1 unspecified atom stereocenters. The van der Waals surface area contributed by atoms with Gasteiger partial charge in [-0.05, 0) is 25.8 Å². The van der Waals surface area contributed by atoms with Gasteiger partial charge >= 0.3 is 6.03 Å². The third-order valence-corrected chi connectivity index (χ3v) is 4.64. The third-order valence-electron chi connectivity index (χ3n) is 4.64. The summed E-state index contributed by atoms with van der Waals surface area (Å²) in [4.78, 5) is 18.7. The van der Waals surface area contributed by atoms with Gasteiger partial charge in [-0.1, -0.05) is 23.4 Å². The largest absolute Gasteiger partial charge is 0.496 e. The van der Waals surface area contributed by atoms with Gasteiger partial charge < -0.3 is 19.5 Å². The fraction of sp³-hybridized carbons (Fsp3) is 0.500. The number of carbonyl (C=O) groups excluding carboxylic acids is 1. The number of piperidine rings is 1. The van der Waals surface area contributed by atoms with Crippen molar-refractivity contribution in [2.45, 2.75) is 38.6 Å². The molecule has 2 amide bonds. The molecule has 7 heteroatoms. The number of aromatic nitrogens is 2. The molecule has 0 radical (unpaired) electrons. The van der Waals surface area contributed by atoms with E-state index in [9.17, 15) is 4.79 Å². The Morgan fingerprint density at radius 3 is 2.72 bits per heavy atom. The van der Waals surface area contributed by atoms with Crippen LogP contribution in [0.4, 0.5) is 4.79 Å². The second kappa shape index (κ2) is 7.55. The van der Waals surface area contributed by atoms with E-state index < -0.39 is 0 Å². The lowest BCUT2D eigenvalue weighted by Crippen LogP contribution is -2.45. The van der Waals surface area contributed by atoms with Crippen molar-refractivity contribution in [3.63, 3.8) is 0 Å². The number of para-hydroxylation sites is 1. The molecule has 0 spiro atoms. The van der Waals surface area contributed by atoms with Crippen molar-refractivity contribution >= 4 is 6.03 Å².